The highest BCUT2D eigenvalue weighted by atomic mass is 16.5. The second kappa shape index (κ2) is 9.96. The third-order valence-electron chi connectivity index (χ3n) is 4.56. The van der Waals surface area contributed by atoms with Crippen LogP contribution in [0, 0.1) is 0 Å². The Bertz CT molecular complexity index is 910. The van der Waals surface area contributed by atoms with E-state index in [0.29, 0.717) is 18.1 Å². The highest BCUT2D eigenvalue weighted by Gasteiger charge is 2.13. The Morgan fingerprint density at radius 1 is 1.10 bits per heavy atom. The fourth-order valence-electron chi connectivity index (χ4n) is 2.66. The normalized spacial score (nSPS) is 12.4. The molecule has 0 aromatic heterocycles. The molecule has 6 nitrogen and oxygen atoms in total. The minimum absolute atomic E-state index is 0.106. The number of carbonyl (C=O) groups excluding carboxylic acids is 1. The number of ether oxygens (including phenoxy) is 2. The van der Waals surface area contributed by atoms with Crippen LogP contribution in [0.4, 0.5) is 0 Å². The summed E-state index contributed by atoms with van der Waals surface area (Å²) in [4.78, 5) is 22.6. The Hall–Kier alpha value is -3.28. The maximum Gasteiger partial charge on any atom is 0.325 e. The Morgan fingerprint density at radius 3 is 2.33 bits per heavy atom. The number of nitrogens with one attached hydrogen (secondary N) is 1. The molecule has 0 saturated carbocycles. The fourth-order valence-corrected chi connectivity index (χ4v) is 2.66. The topological polar surface area (TPSA) is 84.9 Å². The number of aliphatic carboxylic acids is 1. The van der Waals surface area contributed by atoms with Crippen molar-refractivity contribution in [1.82, 2.24) is 5.32 Å². The van der Waals surface area contributed by atoms with Gasteiger partial charge >= 0.3 is 5.97 Å². The third-order valence-corrected chi connectivity index (χ3v) is 4.56. The predicted octanol–water partition coefficient (Wildman–Crippen LogP) is 4.17. The lowest BCUT2D eigenvalue weighted by atomic mass is 9.87. The molecule has 160 valence electrons. The smallest absolute Gasteiger partial charge is 0.325 e. The van der Waals surface area contributed by atoms with Crippen molar-refractivity contribution in [2.45, 2.75) is 45.8 Å². The molecule has 0 aliphatic heterocycles. The van der Waals surface area contributed by atoms with Crippen LogP contribution in [0.2, 0.25) is 0 Å². The number of carboxylic acids is 1. The molecule has 2 N–H and O–H groups in total. The molecule has 2 aromatic carbocycles. The van der Waals surface area contributed by atoms with Crippen molar-refractivity contribution >= 4 is 18.0 Å². The highest BCUT2D eigenvalue weighted by Crippen LogP contribution is 2.29. The van der Waals surface area contributed by atoms with Gasteiger partial charge < -0.3 is 19.9 Å². The number of rotatable bonds is 8. The highest BCUT2D eigenvalue weighted by molar-refractivity contribution is 5.94. The van der Waals surface area contributed by atoms with Gasteiger partial charge in [0.2, 0.25) is 5.91 Å². The van der Waals surface area contributed by atoms with Crippen LogP contribution in [-0.4, -0.2) is 30.1 Å². The van der Waals surface area contributed by atoms with Crippen molar-refractivity contribution in [3.63, 3.8) is 0 Å². The average Bonchev–Trinajstić information content (AvgIpc) is 2.70. The van der Waals surface area contributed by atoms with Crippen molar-refractivity contribution in [3.05, 3.63) is 65.2 Å². The summed E-state index contributed by atoms with van der Waals surface area (Å²) >= 11 is 0. The van der Waals surface area contributed by atoms with E-state index in [1.165, 1.54) is 18.6 Å². The molecule has 1 amide bonds. The van der Waals surface area contributed by atoms with Gasteiger partial charge in [0.05, 0.1) is 7.11 Å². The van der Waals surface area contributed by atoms with Gasteiger partial charge in [0.1, 0.15) is 12.6 Å². The van der Waals surface area contributed by atoms with Crippen LogP contribution < -0.4 is 14.8 Å². The summed E-state index contributed by atoms with van der Waals surface area (Å²) in [5, 5.41) is 11.2. The summed E-state index contributed by atoms with van der Waals surface area (Å²) in [7, 11) is 1.55. The first-order chi connectivity index (χ1) is 14.1. The summed E-state index contributed by atoms with van der Waals surface area (Å²) in [6.07, 6.45) is 2.87. The molecule has 0 aliphatic rings. The first kappa shape index (κ1) is 23.0. The Morgan fingerprint density at radius 2 is 1.77 bits per heavy atom. The molecule has 1 atom stereocenters. The number of amides is 1. The number of methoxy groups -OCH3 is 1. The monoisotopic (exact) mass is 411 g/mol. The lowest BCUT2D eigenvalue weighted by Gasteiger charge is -2.19. The van der Waals surface area contributed by atoms with E-state index in [9.17, 15) is 9.59 Å². The van der Waals surface area contributed by atoms with E-state index in [4.69, 9.17) is 14.6 Å². The summed E-state index contributed by atoms with van der Waals surface area (Å²) in [6, 6.07) is 12.7. The van der Waals surface area contributed by atoms with Gasteiger partial charge in [-0.3, -0.25) is 9.59 Å². The quantitative estimate of drug-likeness (QED) is 0.637. The maximum absolute atomic E-state index is 11.8. The number of hydrogen-bond donors (Lipinski definition) is 2. The minimum Gasteiger partial charge on any atom is -0.493 e. The molecule has 0 heterocycles. The van der Waals surface area contributed by atoms with Crippen molar-refractivity contribution in [2.24, 2.45) is 0 Å². The van der Waals surface area contributed by atoms with Crippen LogP contribution in [0.15, 0.2) is 48.5 Å². The average molecular weight is 411 g/mol. The first-order valence-electron chi connectivity index (χ1n) is 9.72. The van der Waals surface area contributed by atoms with E-state index in [-0.39, 0.29) is 5.41 Å². The van der Waals surface area contributed by atoms with Crippen molar-refractivity contribution in [3.8, 4) is 11.5 Å². The predicted molar refractivity (Wildman–Crippen MR) is 117 cm³/mol. The number of carboxylic acid groups (broad SMARTS) is 1. The SMILES string of the molecule is COc1cc(/C=C/C(=O)NC(C)C(=O)O)ccc1OCc1ccc(C(C)(C)C)cc1. The van der Waals surface area contributed by atoms with E-state index in [1.807, 2.05) is 0 Å². The van der Waals surface area contributed by atoms with E-state index in [1.54, 1.807) is 31.4 Å². The minimum atomic E-state index is -1.09. The molecule has 0 fully saturated rings. The van der Waals surface area contributed by atoms with Gasteiger partial charge in [-0.05, 0) is 47.2 Å². The zero-order valence-electron chi connectivity index (χ0n) is 18.1. The molecule has 6 heteroatoms. The van der Waals surface area contributed by atoms with E-state index in [0.717, 1.165) is 11.1 Å². The summed E-state index contributed by atoms with van der Waals surface area (Å²) in [5.74, 6) is -0.433. The van der Waals surface area contributed by atoms with Crippen LogP contribution >= 0.6 is 0 Å². The van der Waals surface area contributed by atoms with Crippen LogP contribution in [0.1, 0.15) is 44.4 Å². The first-order valence-corrected chi connectivity index (χ1v) is 9.72. The van der Waals surface area contributed by atoms with Crippen LogP contribution in [0.25, 0.3) is 6.08 Å². The number of carbonyl (C=O) groups is 2. The zero-order chi connectivity index (χ0) is 22.3. The van der Waals surface area contributed by atoms with Crippen molar-refractivity contribution in [2.75, 3.05) is 7.11 Å². The molecule has 1 unspecified atom stereocenters. The number of hydrogen-bond acceptors (Lipinski definition) is 4. The van der Waals surface area contributed by atoms with Gasteiger partial charge in [0.25, 0.3) is 0 Å². The molecule has 0 saturated heterocycles. The Labute approximate surface area is 177 Å². The van der Waals surface area contributed by atoms with Gasteiger partial charge in [-0.2, -0.15) is 0 Å². The molecular weight excluding hydrogens is 382 g/mol. The molecular formula is C24H29NO5. The lowest BCUT2D eigenvalue weighted by molar-refractivity contribution is -0.140. The van der Waals surface area contributed by atoms with Gasteiger partial charge in [-0.25, -0.2) is 0 Å². The molecule has 30 heavy (non-hydrogen) atoms. The van der Waals surface area contributed by atoms with Gasteiger partial charge in [0.15, 0.2) is 11.5 Å². The van der Waals surface area contributed by atoms with Crippen LogP contribution in [-0.2, 0) is 21.6 Å². The largest absolute Gasteiger partial charge is 0.493 e. The van der Waals surface area contributed by atoms with Gasteiger partial charge in [-0.15, -0.1) is 0 Å². The Balaban J connectivity index is 2.02. The van der Waals surface area contributed by atoms with Crippen LogP contribution in [0.5, 0.6) is 11.5 Å². The number of benzene rings is 2. The van der Waals surface area contributed by atoms with Crippen LogP contribution in [0.3, 0.4) is 0 Å². The summed E-state index contributed by atoms with van der Waals surface area (Å²) < 4.78 is 11.3. The molecule has 0 aliphatic carbocycles. The second-order valence-corrected chi connectivity index (χ2v) is 8.05. The maximum atomic E-state index is 11.8. The standard InChI is InChI=1S/C24H29NO5/c1-16(23(27)28)25-22(26)13-9-17-8-12-20(21(14-17)29-5)30-15-18-6-10-19(11-7-18)24(2,3)4/h6-14,16H,15H2,1-5H3,(H,25,26)(H,27,28)/b13-9+. The second-order valence-electron chi connectivity index (χ2n) is 8.05. The molecule has 0 bridgehead atoms. The van der Waals surface area contributed by atoms with Crippen molar-refractivity contribution in [1.29, 1.82) is 0 Å². The molecule has 2 aromatic rings. The summed E-state index contributed by atoms with van der Waals surface area (Å²) in [6.45, 7) is 8.34. The van der Waals surface area contributed by atoms with E-state index < -0.39 is 17.9 Å². The van der Waals surface area contributed by atoms with Crippen molar-refractivity contribution < 1.29 is 24.2 Å². The third kappa shape index (κ3) is 6.65. The molecule has 2 rings (SSSR count). The van der Waals surface area contributed by atoms with Gasteiger partial charge in [0, 0.05) is 6.08 Å². The molecule has 0 radical (unpaired) electrons. The fraction of sp³-hybridized carbons (Fsp3) is 0.333. The van der Waals surface area contributed by atoms with E-state index in [2.05, 4.69) is 50.4 Å². The zero-order valence-corrected chi connectivity index (χ0v) is 18.1. The van der Waals surface area contributed by atoms with Gasteiger partial charge in [-0.1, -0.05) is 51.1 Å². The van der Waals surface area contributed by atoms with E-state index >= 15 is 0 Å². The molecule has 0 spiro atoms. The lowest BCUT2D eigenvalue weighted by Crippen LogP contribution is -2.37. The Kier molecular flexibility index (Phi) is 7.64. The summed E-state index contributed by atoms with van der Waals surface area (Å²) in [5.41, 5.74) is 3.15.